The fourth-order valence-electron chi connectivity index (χ4n) is 0.808. The highest BCUT2D eigenvalue weighted by Crippen LogP contribution is 2.12. The minimum absolute atomic E-state index is 0.0518. The molecule has 0 aromatic heterocycles. The maximum absolute atomic E-state index is 11.9. The highest BCUT2D eigenvalue weighted by Gasteiger charge is 2.22. The van der Waals surface area contributed by atoms with Crippen LogP contribution in [0.25, 0.3) is 0 Å². The molecule has 0 heterocycles. The van der Waals surface area contributed by atoms with Gasteiger partial charge in [-0.2, -0.15) is 12.6 Å². The molecule has 0 saturated carbocycles. The zero-order chi connectivity index (χ0) is 10.6. The molecular formula is C8H15F2NOS. The molecule has 1 amide bonds. The third kappa shape index (κ3) is 4.45. The van der Waals surface area contributed by atoms with Crippen LogP contribution in [-0.2, 0) is 4.79 Å². The Morgan fingerprint density at radius 3 is 2.23 bits per heavy atom. The van der Waals surface area contributed by atoms with Gasteiger partial charge in [0, 0.05) is 7.05 Å². The van der Waals surface area contributed by atoms with Crippen LogP contribution >= 0.6 is 12.6 Å². The van der Waals surface area contributed by atoms with E-state index in [1.807, 2.05) is 13.8 Å². The van der Waals surface area contributed by atoms with Crippen LogP contribution in [0.15, 0.2) is 0 Å². The standard InChI is InChI=1S/C8H15F2NOS/c1-5(2)7(13)8(12)11(3)4-6(9)10/h5-7,13H,4H2,1-3H3. The lowest BCUT2D eigenvalue weighted by Gasteiger charge is -2.22. The highest BCUT2D eigenvalue weighted by molar-refractivity contribution is 7.81. The van der Waals surface area contributed by atoms with Crippen molar-refractivity contribution in [2.24, 2.45) is 5.92 Å². The molecule has 1 unspecified atom stereocenters. The van der Waals surface area contributed by atoms with E-state index < -0.39 is 18.2 Å². The molecule has 0 N–H and O–H groups in total. The van der Waals surface area contributed by atoms with E-state index >= 15 is 0 Å². The summed E-state index contributed by atoms with van der Waals surface area (Å²) in [6, 6.07) is 0. The Bertz CT molecular complexity index is 176. The second kappa shape index (κ2) is 5.42. The smallest absolute Gasteiger partial charge is 0.255 e. The Kier molecular flexibility index (Phi) is 5.29. The van der Waals surface area contributed by atoms with Crippen molar-refractivity contribution in [3.05, 3.63) is 0 Å². The van der Waals surface area contributed by atoms with E-state index in [0.717, 1.165) is 4.90 Å². The van der Waals surface area contributed by atoms with Crippen LogP contribution in [-0.4, -0.2) is 36.1 Å². The van der Waals surface area contributed by atoms with Crippen molar-refractivity contribution in [1.82, 2.24) is 4.90 Å². The van der Waals surface area contributed by atoms with Crippen LogP contribution in [0.4, 0.5) is 8.78 Å². The molecule has 0 aromatic carbocycles. The van der Waals surface area contributed by atoms with E-state index in [1.165, 1.54) is 7.05 Å². The first kappa shape index (κ1) is 12.7. The first-order chi connectivity index (χ1) is 5.86. The summed E-state index contributed by atoms with van der Waals surface area (Å²) in [6.45, 7) is 3.13. The second-order valence-electron chi connectivity index (χ2n) is 3.30. The van der Waals surface area contributed by atoms with E-state index in [0.29, 0.717) is 0 Å². The zero-order valence-electron chi connectivity index (χ0n) is 8.00. The molecule has 0 aromatic rings. The Hall–Kier alpha value is -0.320. The van der Waals surface area contributed by atoms with Gasteiger partial charge >= 0.3 is 0 Å². The van der Waals surface area contributed by atoms with Gasteiger partial charge in [-0.3, -0.25) is 4.79 Å². The predicted octanol–water partition coefficient (Wildman–Crippen LogP) is 1.66. The van der Waals surface area contributed by atoms with E-state index in [1.54, 1.807) is 0 Å². The van der Waals surface area contributed by atoms with Crippen LogP contribution in [0.3, 0.4) is 0 Å². The minimum atomic E-state index is -2.48. The van der Waals surface area contributed by atoms with E-state index in [-0.39, 0.29) is 11.8 Å². The number of rotatable bonds is 4. The monoisotopic (exact) mass is 211 g/mol. The van der Waals surface area contributed by atoms with Gasteiger partial charge in [-0.05, 0) is 5.92 Å². The van der Waals surface area contributed by atoms with Gasteiger partial charge in [0.05, 0.1) is 11.8 Å². The summed E-state index contributed by atoms with van der Waals surface area (Å²) in [4.78, 5) is 12.4. The third-order valence-corrected chi connectivity index (χ3v) is 2.49. The maximum Gasteiger partial charge on any atom is 0.255 e. The van der Waals surface area contributed by atoms with Crippen molar-refractivity contribution in [3.63, 3.8) is 0 Å². The molecule has 0 aliphatic rings. The fourth-order valence-corrected chi connectivity index (χ4v) is 1.01. The largest absolute Gasteiger partial charge is 0.339 e. The minimum Gasteiger partial charge on any atom is -0.339 e. The zero-order valence-corrected chi connectivity index (χ0v) is 8.89. The summed E-state index contributed by atoms with van der Waals surface area (Å²) < 4.78 is 23.8. The summed E-state index contributed by atoms with van der Waals surface area (Å²) in [5, 5.41) is -0.497. The van der Waals surface area contributed by atoms with E-state index in [4.69, 9.17) is 0 Å². The fraction of sp³-hybridized carbons (Fsp3) is 0.875. The summed E-state index contributed by atoms with van der Waals surface area (Å²) in [5.41, 5.74) is 0. The molecule has 1 atom stereocenters. The normalized spacial score (nSPS) is 13.5. The first-order valence-corrected chi connectivity index (χ1v) is 4.59. The van der Waals surface area contributed by atoms with Gasteiger partial charge in [0.2, 0.25) is 5.91 Å². The lowest BCUT2D eigenvalue weighted by atomic mass is 10.1. The van der Waals surface area contributed by atoms with E-state index in [9.17, 15) is 13.6 Å². The molecule has 0 saturated heterocycles. The van der Waals surface area contributed by atoms with Crippen molar-refractivity contribution in [1.29, 1.82) is 0 Å². The van der Waals surface area contributed by atoms with Crippen molar-refractivity contribution in [2.45, 2.75) is 25.5 Å². The van der Waals surface area contributed by atoms with Crippen molar-refractivity contribution in [3.8, 4) is 0 Å². The number of thiol groups is 1. The molecule has 0 aliphatic carbocycles. The van der Waals surface area contributed by atoms with Crippen molar-refractivity contribution in [2.75, 3.05) is 13.6 Å². The average Bonchev–Trinajstić information content (AvgIpc) is 2.00. The van der Waals surface area contributed by atoms with Crippen LogP contribution < -0.4 is 0 Å². The third-order valence-electron chi connectivity index (χ3n) is 1.67. The molecule has 13 heavy (non-hydrogen) atoms. The summed E-state index contributed by atoms with van der Waals surface area (Å²) in [6.07, 6.45) is -2.48. The molecule has 0 radical (unpaired) electrons. The molecular weight excluding hydrogens is 196 g/mol. The predicted molar refractivity (Wildman–Crippen MR) is 51.3 cm³/mol. The molecule has 0 spiro atoms. The van der Waals surface area contributed by atoms with Gasteiger partial charge in [0.25, 0.3) is 6.43 Å². The summed E-state index contributed by atoms with van der Waals surface area (Å²) >= 11 is 4.05. The van der Waals surface area contributed by atoms with Gasteiger partial charge in [-0.1, -0.05) is 13.8 Å². The first-order valence-electron chi connectivity index (χ1n) is 4.07. The highest BCUT2D eigenvalue weighted by atomic mass is 32.1. The number of carbonyl (C=O) groups is 1. The SMILES string of the molecule is CC(C)C(S)C(=O)N(C)CC(F)F. The van der Waals surface area contributed by atoms with Gasteiger partial charge in [0.1, 0.15) is 0 Å². The number of halogens is 2. The lowest BCUT2D eigenvalue weighted by Crippen LogP contribution is -2.38. The molecule has 0 bridgehead atoms. The Balaban J connectivity index is 4.09. The van der Waals surface area contributed by atoms with E-state index in [2.05, 4.69) is 12.6 Å². The molecule has 5 heteroatoms. The quantitative estimate of drug-likeness (QED) is 0.701. The number of nitrogens with zero attached hydrogens (tertiary/aromatic N) is 1. The molecule has 2 nitrogen and oxygen atoms in total. The van der Waals surface area contributed by atoms with Crippen LogP contribution in [0.1, 0.15) is 13.8 Å². The maximum atomic E-state index is 11.9. The molecule has 78 valence electrons. The number of alkyl halides is 2. The van der Waals surface area contributed by atoms with Gasteiger partial charge in [-0.25, -0.2) is 8.78 Å². The lowest BCUT2D eigenvalue weighted by molar-refractivity contribution is -0.131. The Morgan fingerprint density at radius 1 is 1.46 bits per heavy atom. The topological polar surface area (TPSA) is 20.3 Å². The summed E-state index contributed by atoms with van der Waals surface area (Å²) in [5.74, 6) is -0.297. The van der Waals surface area contributed by atoms with Gasteiger partial charge < -0.3 is 4.90 Å². The van der Waals surface area contributed by atoms with Crippen molar-refractivity contribution < 1.29 is 13.6 Å². The Labute approximate surface area is 82.7 Å². The van der Waals surface area contributed by atoms with Gasteiger partial charge in [0.15, 0.2) is 0 Å². The number of hydrogen-bond donors (Lipinski definition) is 1. The van der Waals surface area contributed by atoms with Crippen molar-refractivity contribution >= 4 is 18.5 Å². The second-order valence-corrected chi connectivity index (χ2v) is 3.86. The average molecular weight is 211 g/mol. The van der Waals surface area contributed by atoms with Crippen LogP contribution in [0.2, 0.25) is 0 Å². The molecule has 0 rings (SSSR count). The van der Waals surface area contributed by atoms with Gasteiger partial charge in [-0.15, -0.1) is 0 Å². The van der Waals surface area contributed by atoms with Crippen LogP contribution in [0.5, 0.6) is 0 Å². The summed E-state index contributed by atoms with van der Waals surface area (Å²) in [7, 11) is 1.36. The number of amides is 1. The molecule has 0 aliphatic heterocycles. The number of hydrogen-bond acceptors (Lipinski definition) is 2. The molecule has 0 fully saturated rings. The van der Waals surface area contributed by atoms with Crippen LogP contribution in [0, 0.1) is 5.92 Å². The Morgan fingerprint density at radius 2 is 1.92 bits per heavy atom. The number of carbonyl (C=O) groups excluding carboxylic acids is 1.